The molecule has 0 amide bonds. The van der Waals surface area contributed by atoms with Crippen LogP contribution < -0.4 is 5.73 Å². The quantitative estimate of drug-likeness (QED) is 0.789. The van der Waals surface area contributed by atoms with Crippen molar-refractivity contribution in [1.29, 1.82) is 5.26 Å². The fourth-order valence-corrected chi connectivity index (χ4v) is 1.75. The van der Waals surface area contributed by atoms with E-state index in [1.165, 1.54) is 12.1 Å². The van der Waals surface area contributed by atoms with Gasteiger partial charge in [0, 0.05) is 15.6 Å². The fraction of sp³-hybridized carbons (Fsp3) is 0.100. The van der Waals surface area contributed by atoms with Crippen LogP contribution in [0.1, 0.15) is 17.2 Å². The third-order valence-corrected chi connectivity index (χ3v) is 2.33. The summed E-state index contributed by atoms with van der Waals surface area (Å²) >= 11 is 11.7. The first-order valence-corrected chi connectivity index (χ1v) is 4.63. The van der Waals surface area contributed by atoms with Gasteiger partial charge in [0.05, 0.1) is 17.7 Å². The van der Waals surface area contributed by atoms with Crippen molar-refractivity contribution < 1.29 is 0 Å². The molecule has 2 N–H and O–H groups in total. The molecule has 0 saturated heterocycles. The normalized spacial score (nSPS) is 11.9. The highest BCUT2D eigenvalue weighted by molar-refractivity contribution is 6.35. The van der Waals surface area contributed by atoms with Crippen LogP contribution in [0.5, 0.6) is 0 Å². The topological polar surface area (TPSA) is 49.8 Å². The lowest BCUT2D eigenvalue weighted by Crippen LogP contribution is -2.09. The van der Waals surface area contributed by atoms with Crippen molar-refractivity contribution in [3.8, 4) is 6.07 Å². The number of nitrogens with two attached hydrogens (primary N) is 1. The first-order valence-electron chi connectivity index (χ1n) is 3.87. The smallest absolute Gasteiger partial charge is 0.0996 e. The average molecular weight is 227 g/mol. The Morgan fingerprint density at radius 1 is 1.50 bits per heavy atom. The van der Waals surface area contributed by atoms with Gasteiger partial charge in [-0.25, -0.2) is 0 Å². The minimum Gasteiger partial charge on any atom is -0.321 e. The Bertz CT molecular complexity index is 407. The SMILES string of the molecule is C=C[C@@H](N)c1c(Cl)cc(Cl)cc1C#N. The molecule has 72 valence electrons. The number of halogens is 2. The van der Waals surface area contributed by atoms with Crippen LogP contribution in [0, 0.1) is 11.3 Å². The van der Waals surface area contributed by atoms with Crippen molar-refractivity contribution in [3.63, 3.8) is 0 Å². The van der Waals surface area contributed by atoms with Crippen LogP contribution in [0.15, 0.2) is 24.8 Å². The van der Waals surface area contributed by atoms with Gasteiger partial charge >= 0.3 is 0 Å². The van der Waals surface area contributed by atoms with E-state index in [2.05, 4.69) is 6.58 Å². The second-order valence-corrected chi connectivity index (χ2v) is 3.57. The standard InChI is InChI=1S/C10H8Cl2N2/c1-2-9(14)10-6(5-13)3-7(11)4-8(10)12/h2-4,9H,1,14H2/t9-/m1/s1. The van der Waals surface area contributed by atoms with Gasteiger partial charge in [0.15, 0.2) is 0 Å². The minimum atomic E-state index is -0.450. The molecule has 4 heteroatoms. The van der Waals surface area contributed by atoms with E-state index in [0.717, 1.165) is 0 Å². The molecule has 0 spiro atoms. The van der Waals surface area contributed by atoms with Gasteiger partial charge in [0.25, 0.3) is 0 Å². The molecular formula is C10H8Cl2N2. The summed E-state index contributed by atoms with van der Waals surface area (Å²) in [5.41, 5.74) is 6.67. The van der Waals surface area contributed by atoms with E-state index in [-0.39, 0.29) is 0 Å². The number of nitriles is 1. The molecule has 1 aromatic carbocycles. The maximum absolute atomic E-state index is 8.85. The van der Waals surface area contributed by atoms with E-state index in [1.807, 2.05) is 6.07 Å². The van der Waals surface area contributed by atoms with Gasteiger partial charge < -0.3 is 5.73 Å². The summed E-state index contributed by atoms with van der Waals surface area (Å²) in [6.07, 6.45) is 1.52. The van der Waals surface area contributed by atoms with Crippen molar-refractivity contribution in [3.05, 3.63) is 46.0 Å². The summed E-state index contributed by atoms with van der Waals surface area (Å²) in [6.45, 7) is 3.55. The summed E-state index contributed by atoms with van der Waals surface area (Å²) in [6, 6.07) is 4.64. The van der Waals surface area contributed by atoms with Crippen LogP contribution in [-0.4, -0.2) is 0 Å². The molecule has 14 heavy (non-hydrogen) atoms. The molecule has 0 fully saturated rings. The zero-order chi connectivity index (χ0) is 10.7. The molecule has 2 nitrogen and oxygen atoms in total. The van der Waals surface area contributed by atoms with E-state index < -0.39 is 6.04 Å². The maximum Gasteiger partial charge on any atom is 0.0996 e. The van der Waals surface area contributed by atoms with Crippen molar-refractivity contribution in [2.45, 2.75) is 6.04 Å². The number of rotatable bonds is 2. The van der Waals surface area contributed by atoms with Crippen LogP contribution >= 0.6 is 23.2 Å². The minimum absolute atomic E-state index is 0.384. The van der Waals surface area contributed by atoms with E-state index in [0.29, 0.717) is 21.2 Å². The van der Waals surface area contributed by atoms with E-state index >= 15 is 0 Å². The van der Waals surface area contributed by atoms with E-state index in [1.54, 1.807) is 6.07 Å². The molecule has 1 aromatic rings. The third-order valence-electron chi connectivity index (χ3n) is 1.80. The lowest BCUT2D eigenvalue weighted by Gasteiger charge is -2.11. The van der Waals surface area contributed by atoms with Crippen molar-refractivity contribution in [2.75, 3.05) is 0 Å². The van der Waals surface area contributed by atoms with Gasteiger partial charge in [-0.3, -0.25) is 0 Å². The summed E-state index contributed by atoms with van der Waals surface area (Å²) in [5, 5.41) is 9.67. The molecule has 1 atom stereocenters. The Hall–Kier alpha value is -1.01. The zero-order valence-electron chi connectivity index (χ0n) is 7.30. The average Bonchev–Trinajstić information content (AvgIpc) is 2.15. The van der Waals surface area contributed by atoms with Crippen molar-refractivity contribution >= 4 is 23.2 Å². The van der Waals surface area contributed by atoms with Crippen LogP contribution in [0.4, 0.5) is 0 Å². The molecule has 0 radical (unpaired) electrons. The number of nitrogens with zero attached hydrogens (tertiary/aromatic N) is 1. The lowest BCUT2D eigenvalue weighted by atomic mass is 10.0. The Kier molecular flexibility index (Phi) is 3.54. The van der Waals surface area contributed by atoms with Gasteiger partial charge in [-0.15, -0.1) is 6.58 Å². The molecule has 0 aromatic heterocycles. The second kappa shape index (κ2) is 4.47. The molecule has 1 rings (SSSR count). The molecule has 0 saturated carbocycles. The molecule has 0 aliphatic carbocycles. The van der Waals surface area contributed by atoms with Gasteiger partial charge in [-0.05, 0) is 12.1 Å². The molecule has 0 bridgehead atoms. The van der Waals surface area contributed by atoms with Crippen LogP contribution in [0.2, 0.25) is 10.0 Å². The fourth-order valence-electron chi connectivity index (χ4n) is 1.13. The van der Waals surface area contributed by atoms with Crippen LogP contribution in [0.3, 0.4) is 0 Å². The third kappa shape index (κ3) is 2.08. The number of hydrogen-bond acceptors (Lipinski definition) is 2. The van der Waals surface area contributed by atoms with E-state index in [4.69, 9.17) is 34.2 Å². The second-order valence-electron chi connectivity index (χ2n) is 2.72. The maximum atomic E-state index is 8.85. The highest BCUT2D eigenvalue weighted by Crippen LogP contribution is 2.29. The predicted molar refractivity (Wildman–Crippen MR) is 58.3 cm³/mol. The Morgan fingerprint density at radius 3 is 2.64 bits per heavy atom. The number of hydrogen-bond donors (Lipinski definition) is 1. The first-order chi connectivity index (χ1) is 6.60. The molecule has 0 aliphatic rings. The van der Waals surface area contributed by atoms with Crippen molar-refractivity contribution in [1.82, 2.24) is 0 Å². The summed E-state index contributed by atoms with van der Waals surface area (Å²) in [7, 11) is 0. The summed E-state index contributed by atoms with van der Waals surface area (Å²) in [5.74, 6) is 0. The van der Waals surface area contributed by atoms with Gasteiger partial charge in [0.1, 0.15) is 0 Å². The Balaban J connectivity index is 3.41. The number of benzene rings is 1. The summed E-state index contributed by atoms with van der Waals surface area (Å²) in [4.78, 5) is 0. The van der Waals surface area contributed by atoms with Crippen LogP contribution in [-0.2, 0) is 0 Å². The Labute approximate surface area is 92.5 Å². The molecular weight excluding hydrogens is 219 g/mol. The van der Waals surface area contributed by atoms with Crippen molar-refractivity contribution in [2.24, 2.45) is 5.73 Å². The molecule has 0 unspecified atom stereocenters. The van der Waals surface area contributed by atoms with Gasteiger partial charge in [0.2, 0.25) is 0 Å². The highest BCUT2D eigenvalue weighted by Gasteiger charge is 2.13. The van der Waals surface area contributed by atoms with E-state index in [9.17, 15) is 0 Å². The molecule has 0 aliphatic heterocycles. The molecule has 0 heterocycles. The zero-order valence-corrected chi connectivity index (χ0v) is 8.81. The van der Waals surface area contributed by atoms with Gasteiger partial charge in [-0.1, -0.05) is 29.3 Å². The monoisotopic (exact) mass is 226 g/mol. The van der Waals surface area contributed by atoms with Gasteiger partial charge in [-0.2, -0.15) is 5.26 Å². The highest BCUT2D eigenvalue weighted by atomic mass is 35.5. The van der Waals surface area contributed by atoms with Crippen LogP contribution in [0.25, 0.3) is 0 Å². The first kappa shape index (κ1) is 11.1. The lowest BCUT2D eigenvalue weighted by molar-refractivity contribution is 0.910. The summed E-state index contributed by atoms with van der Waals surface area (Å²) < 4.78 is 0. The Morgan fingerprint density at radius 2 is 2.14 bits per heavy atom. The predicted octanol–water partition coefficient (Wildman–Crippen LogP) is 3.05. The largest absolute Gasteiger partial charge is 0.321 e.